The van der Waals surface area contributed by atoms with Crippen LogP contribution in [0.15, 0.2) is 24.3 Å². The molecule has 1 aromatic rings. The molecule has 0 saturated heterocycles. The molecule has 1 fully saturated rings. The van der Waals surface area contributed by atoms with E-state index in [0.717, 1.165) is 25.7 Å². The fraction of sp³-hybridized carbons (Fsp3) is 0.588. The Morgan fingerprint density at radius 3 is 2.50 bits per heavy atom. The summed E-state index contributed by atoms with van der Waals surface area (Å²) < 4.78 is 0. The van der Waals surface area contributed by atoms with Crippen molar-refractivity contribution in [3.8, 4) is 0 Å². The molecule has 1 aromatic carbocycles. The highest BCUT2D eigenvalue weighted by molar-refractivity contribution is 5.82. The number of ketones is 1. The van der Waals surface area contributed by atoms with Gasteiger partial charge in [-0.1, -0.05) is 49.9 Å². The van der Waals surface area contributed by atoms with Gasteiger partial charge in [-0.25, -0.2) is 0 Å². The van der Waals surface area contributed by atoms with Crippen LogP contribution in [0.5, 0.6) is 0 Å². The van der Waals surface area contributed by atoms with Crippen LogP contribution >= 0.6 is 0 Å². The molecule has 0 bridgehead atoms. The third-order valence-corrected chi connectivity index (χ3v) is 4.72. The molecule has 18 heavy (non-hydrogen) atoms. The van der Waals surface area contributed by atoms with E-state index in [4.69, 9.17) is 0 Å². The third kappa shape index (κ3) is 2.36. The summed E-state index contributed by atoms with van der Waals surface area (Å²) in [5, 5.41) is 0. The number of carbonyl (C=O) groups is 1. The molecule has 96 valence electrons. The molecule has 0 spiro atoms. The van der Waals surface area contributed by atoms with E-state index in [1.54, 1.807) is 0 Å². The number of fused-ring (bicyclic) bond motifs is 1. The lowest BCUT2D eigenvalue weighted by Crippen LogP contribution is -2.23. The Balaban J connectivity index is 1.59. The summed E-state index contributed by atoms with van der Waals surface area (Å²) in [5.41, 5.74) is 2.88. The van der Waals surface area contributed by atoms with Gasteiger partial charge in [0, 0.05) is 12.3 Å². The van der Waals surface area contributed by atoms with Crippen LogP contribution in [-0.4, -0.2) is 5.78 Å². The second-order valence-corrected chi connectivity index (χ2v) is 5.96. The van der Waals surface area contributed by atoms with E-state index in [1.807, 2.05) is 0 Å². The van der Waals surface area contributed by atoms with E-state index >= 15 is 0 Å². The Bertz CT molecular complexity index is 427. The molecule has 1 unspecified atom stereocenters. The number of rotatable bonds is 3. The van der Waals surface area contributed by atoms with Crippen molar-refractivity contribution in [3.63, 3.8) is 0 Å². The second kappa shape index (κ2) is 5.26. The Morgan fingerprint density at radius 2 is 1.78 bits per heavy atom. The second-order valence-electron chi connectivity index (χ2n) is 5.96. The Hall–Kier alpha value is -1.11. The zero-order valence-electron chi connectivity index (χ0n) is 11.0. The number of Topliss-reactive ketones (excluding diaryl/α,β-unsaturated/α-hetero) is 1. The summed E-state index contributed by atoms with van der Waals surface area (Å²) in [7, 11) is 0. The summed E-state index contributed by atoms with van der Waals surface area (Å²) in [4.78, 5) is 12.4. The number of benzene rings is 1. The van der Waals surface area contributed by atoms with Crippen molar-refractivity contribution < 1.29 is 4.79 Å². The van der Waals surface area contributed by atoms with Crippen molar-refractivity contribution >= 4 is 5.78 Å². The maximum atomic E-state index is 12.4. The SMILES string of the molecule is O=C(CC1Cc2ccccc21)C1CCCCCC1. The maximum Gasteiger partial charge on any atom is 0.136 e. The minimum absolute atomic E-state index is 0.375. The molecule has 1 heteroatoms. The average molecular weight is 242 g/mol. The van der Waals surface area contributed by atoms with Crippen LogP contribution in [0.4, 0.5) is 0 Å². The molecular formula is C17H22O. The number of carbonyl (C=O) groups excluding carboxylic acids is 1. The molecule has 0 radical (unpaired) electrons. The zero-order valence-corrected chi connectivity index (χ0v) is 11.0. The lowest BCUT2D eigenvalue weighted by molar-refractivity contribution is -0.123. The van der Waals surface area contributed by atoms with Crippen LogP contribution in [-0.2, 0) is 11.2 Å². The van der Waals surface area contributed by atoms with Gasteiger partial charge in [0.2, 0.25) is 0 Å². The maximum absolute atomic E-state index is 12.4. The van der Waals surface area contributed by atoms with Crippen LogP contribution < -0.4 is 0 Å². The molecule has 3 rings (SSSR count). The van der Waals surface area contributed by atoms with E-state index in [2.05, 4.69) is 24.3 Å². The highest BCUT2D eigenvalue weighted by atomic mass is 16.1. The number of hydrogen-bond donors (Lipinski definition) is 0. The predicted octanol–water partition coefficient (Wildman–Crippen LogP) is 4.26. The van der Waals surface area contributed by atoms with Gasteiger partial charge in [0.1, 0.15) is 5.78 Å². The van der Waals surface area contributed by atoms with Gasteiger partial charge in [0.15, 0.2) is 0 Å². The molecule has 0 N–H and O–H groups in total. The van der Waals surface area contributed by atoms with Gasteiger partial charge in [-0.15, -0.1) is 0 Å². The molecule has 2 aliphatic rings. The molecular weight excluding hydrogens is 220 g/mol. The molecule has 1 saturated carbocycles. The molecule has 0 heterocycles. The molecule has 0 amide bonds. The van der Waals surface area contributed by atoms with Gasteiger partial charge in [-0.05, 0) is 36.3 Å². The summed E-state index contributed by atoms with van der Waals surface area (Å²) >= 11 is 0. The smallest absolute Gasteiger partial charge is 0.136 e. The Labute approximate surface area is 110 Å². The highest BCUT2D eigenvalue weighted by Crippen LogP contribution is 2.38. The summed E-state index contributed by atoms with van der Waals surface area (Å²) in [6.07, 6.45) is 9.39. The quantitative estimate of drug-likeness (QED) is 0.724. The topological polar surface area (TPSA) is 17.1 Å². The first kappa shape index (κ1) is 12.0. The van der Waals surface area contributed by atoms with Gasteiger partial charge in [0.25, 0.3) is 0 Å². The van der Waals surface area contributed by atoms with Crippen LogP contribution in [0.2, 0.25) is 0 Å². The van der Waals surface area contributed by atoms with Gasteiger partial charge >= 0.3 is 0 Å². The number of hydrogen-bond acceptors (Lipinski definition) is 1. The van der Waals surface area contributed by atoms with Gasteiger partial charge in [-0.2, -0.15) is 0 Å². The Kier molecular flexibility index (Phi) is 3.49. The zero-order chi connectivity index (χ0) is 12.4. The highest BCUT2D eigenvalue weighted by Gasteiger charge is 2.30. The standard InChI is InChI=1S/C17H22O/c18-17(13-7-3-1-2-4-8-13)12-15-11-14-9-5-6-10-16(14)15/h5-6,9-10,13,15H,1-4,7-8,11-12H2. The molecule has 0 aromatic heterocycles. The van der Waals surface area contributed by atoms with Gasteiger partial charge in [0.05, 0.1) is 0 Å². The average Bonchev–Trinajstić information content (AvgIpc) is 2.64. The van der Waals surface area contributed by atoms with E-state index in [1.165, 1.54) is 36.8 Å². The van der Waals surface area contributed by atoms with Crippen molar-refractivity contribution in [1.82, 2.24) is 0 Å². The van der Waals surface area contributed by atoms with Crippen LogP contribution in [0, 0.1) is 5.92 Å². The fourth-order valence-electron chi connectivity index (χ4n) is 3.56. The lowest BCUT2D eigenvalue weighted by Gasteiger charge is -2.30. The minimum Gasteiger partial charge on any atom is -0.299 e. The molecule has 0 aliphatic heterocycles. The predicted molar refractivity (Wildman–Crippen MR) is 73.7 cm³/mol. The monoisotopic (exact) mass is 242 g/mol. The molecule has 2 aliphatic carbocycles. The fourth-order valence-corrected chi connectivity index (χ4v) is 3.56. The van der Waals surface area contributed by atoms with Crippen LogP contribution in [0.1, 0.15) is 62.0 Å². The van der Waals surface area contributed by atoms with Crippen molar-refractivity contribution in [1.29, 1.82) is 0 Å². The van der Waals surface area contributed by atoms with Crippen LogP contribution in [0.3, 0.4) is 0 Å². The molecule has 1 atom stereocenters. The summed E-state index contributed by atoms with van der Waals surface area (Å²) in [6, 6.07) is 8.59. The third-order valence-electron chi connectivity index (χ3n) is 4.72. The first-order chi connectivity index (χ1) is 8.84. The van der Waals surface area contributed by atoms with E-state index < -0.39 is 0 Å². The van der Waals surface area contributed by atoms with E-state index in [0.29, 0.717) is 17.6 Å². The van der Waals surface area contributed by atoms with Gasteiger partial charge in [-0.3, -0.25) is 4.79 Å². The first-order valence-electron chi connectivity index (χ1n) is 7.45. The minimum atomic E-state index is 0.375. The van der Waals surface area contributed by atoms with Crippen molar-refractivity contribution in [3.05, 3.63) is 35.4 Å². The van der Waals surface area contributed by atoms with Crippen molar-refractivity contribution in [2.75, 3.05) is 0 Å². The van der Waals surface area contributed by atoms with E-state index in [-0.39, 0.29) is 0 Å². The summed E-state index contributed by atoms with van der Waals surface area (Å²) in [6.45, 7) is 0. The van der Waals surface area contributed by atoms with Crippen LogP contribution in [0.25, 0.3) is 0 Å². The largest absolute Gasteiger partial charge is 0.299 e. The van der Waals surface area contributed by atoms with Gasteiger partial charge < -0.3 is 0 Å². The first-order valence-corrected chi connectivity index (χ1v) is 7.45. The lowest BCUT2D eigenvalue weighted by atomic mass is 9.73. The molecule has 1 nitrogen and oxygen atoms in total. The Morgan fingerprint density at radius 1 is 1.06 bits per heavy atom. The van der Waals surface area contributed by atoms with Crippen molar-refractivity contribution in [2.24, 2.45) is 5.92 Å². The normalized spacial score (nSPS) is 23.9. The summed E-state index contributed by atoms with van der Waals surface area (Å²) in [5.74, 6) is 1.44. The van der Waals surface area contributed by atoms with Crippen molar-refractivity contribution in [2.45, 2.75) is 57.3 Å². The van der Waals surface area contributed by atoms with E-state index in [9.17, 15) is 4.79 Å².